The Hall–Kier alpha value is -1.51. The first-order valence-electron chi connectivity index (χ1n) is 5.41. The summed E-state index contributed by atoms with van der Waals surface area (Å²) in [6.07, 6.45) is 0.128. The minimum Gasteiger partial charge on any atom is -0.166 e. The van der Waals surface area contributed by atoms with Crippen LogP contribution in [0.1, 0.15) is 30.4 Å². The van der Waals surface area contributed by atoms with Crippen LogP contribution in [0.3, 0.4) is 0 Å². The number of alkyl halides is 3. The quantitative estimate of drug-likeness (QED) is 0.497. The van der Waals surface area contributed by atoms with Crippen molar-refractivity contribution in [2.24, 2.45) is 0 Å². The van der Waals surface area contributed by atoms with Crippen molar-refractivity contribution >= 4 is 5.57 Å². The lowest BCUT2D eigenvalue weighted by molar-refractivity contribution is -0.137. The normalized spacial score (nSPS) is 11.2. The van der Waals surface area contributed by atoms with Crippen LogP contribution in [0.25, 0.3) is 5.57 Å². The first-order chi connectivity index (χ1) is 7.95. The zero-order valence-corrected chi connectivity index (χ0v) is 9.56. The summed E-state index contributed by atoms with van der Waals surface area (Å²) in [7, 11) is 0. The summed E-state index contributed by atoms with van der Waals surface area (Å²) in [6, 6.07) is 5.13. The fourth-order valence-corrected chi connectivity index (χ4v) is 1.50. The summed E-state index contributed by atoms with van der Waals surface area (Å²) in [6.45, 7) is 7.49. The van der Waals surface area contributed by atoms with E-state index >= 15 is 0 Å². The molecule has 0 aromatic heterocycles. The Morgan fingerprint density at radius 2 is 1.76 bits per heavy atom. The van der Waals surface area contributed by atoms with E-state index in [1.165, 1.54) is 12.1 Å². The number of rotatable bonds is 5. The standard InChI is InChI=1S/C14H15F3/c1-3-4-5-6-11(2)12-7-9-13(10-8-12)14(15,16)17/h3,7-10H,1-2,4-6H2. The van der Waals surface area contributed by atoms with Gasteiger partial charge in [-0.1, -0.05) is 24.8 Å². The summed E-state index contributed by atoms with van der Waals surface area (Å²) >= 11 is 0. The lowest BCUT2D eigenvalue weighted by Crippen LogP contribution is -2.04. The summed E-state index contributed by atoms with van der Waals surface area (Å²) in [5.41, 5.74) is 1.00. The van der Waals surface area contributed by atoms with Crippen LogP contribution in [0.15, 0.2) is 43.5 Å². The molecular weight excluding hydrogens is 225 g/mol. The van der Waals surface area contributed by atoms with E-state index in [9.17, 15) is 13.2 Å². The maximum Gasteiger partial charge on any atom is 0.416 e. The highest BCUT2D eigenvalue weighted by molar-refractivity contribution is 5.63. The molecule has 0 unspecified atom stereocenters. The Balaban J connectivity index is 2.67. The highest BCUT2D eigenvalue weighted by Gasteiger charge is 2.29. The van der Waals surface area contributed by atoms with Gasteiger partial charge >= 0.3 is 6.18 Å². The van der Waals surface area contributed by atoms with Gasteiger partial charge in [0.2, 0.25) is 0 Å². The van der Waals surface area contributed by atoms with Crippen molar-refractivity contribution in [2.75, 3.05) is 0 Å². The molecule has 0 aliphatic rings. The molecule has 0 spiro atoms. The van der Waals surface area contributed by atoms with E-state index in [2.05, 4.69) is 13.2 Å². The number of allylic oxidation sites excluding steroid dienone is 2. The van der Waals surface area contributed by atoms with Crippen LogP contribution < -0.4 is 0 Å². The van der Waals surface area contributed by atoms with E-state index in [0.717, 1.165) is 42.5 Å². The molecule has 1 aromatic carbocycles. The largest absolute Gasteiger partial charge is 0.416 e. The maximum atomic E-state index is 12.3. The van der Waals surface area contributed by atoms with Gasteiger partial charge in [-0.05, 0) is 42.5 Å². The van der Waals surface area contributed by atoms with Gasteiger partial charge in [0.1, 0.15) is 0 Å². The number of unbranched alkanes of at least 4 members (excludes halogenated alkanes) is 1. The molecule has 0 radical (unpaired) electrons. The molecule has 0 saturated carbocycles. The van der Waals surface area contributed by atoms with Gasteiger partial charge in [-0.15, -0.1) is 6.58 Å². The van der Waals surface area contributed by atoms with E-state index in [1.807, 2.05) is 6.08 Å². The molecule has 0 aliphatic heterocycles. The second kappa shape index (κ2) is 5.71. The van der Waals surface area contributed by atoms with Crippen LogP contribution >= 0.6 is 0 Å². The van der Waals surface area contributed by atoms with Gasteiger partial charge in [0.25, 0.3) is 0 Å². The molecule has 0 saturated heterocycles. The molecule has 0 aliphatic carbocycles. The lowest BCUT2D eigenvalue weighted by atomic mass is 10.0. The number of benzene rings is 1. The van der Waals surface area contributed by atoms with Crippen molar-refractivity contribution in [3.8, 4) is 0 Å². The summed E-state index contributed by atoms with van der Waals surface area (Å²) in [5.74, 6) is 0. The van der Waals surface area contributed by atoms with Crippen LogP contribution in [0, 0.1) is 0 Å². The third-order valence-electron chi connectivity index (χ3n) is 2.51. The fraction of sp³-hybridized carbons (Fsp3) is 0.286. The highest BCUT2D eigenvalue weighted by Crippen LogP contribution is 2.30. The number of halogens is 3. The summed E-state index contributed by atoms with van der Waals surface area (Å²) in [4.78, 5) is 0. The molecule has 3 heteroatoms. The van der Waals surface area contributed by atoms with E-state index < -0.39 is 11.7 Å². The smallest absolute Gasteiger partial charge is 0.166 e. The zero-order chi connectivity index (χ0) is 12.9. The van der Waals surface area contributed by atoms with Gasteiger partial charge in [0.05, 0.1) is 5.56 Å². The highest BCUT2D eigenvalue weighted by atomic mass is 19.4. The third-order valence-corrected chi connectivity index (χ3v) is 2.51. The molecule has 17 heavy (non-hydrogen) atoms. The minimum atomic E-state index is -4.28. The Labute approximate surface area is 99.5 Å². The van der Waals surface area contributed by atoms with Crippen LogP contribution in [0.2, 0.25) is 0 Å². The second-order valence-corrected chi connectivity index (χ2v) is 3.86. The fourth-order valence-electron chi connectivity index (χ4n) is 1.50. The predicted octanol–water partition coefficient (Wildman–Crippen LogP) is 5.07. The van der Waals surface area contributed by atoms with Crippen LogP contribution in [-0.2, 0) is 6.18 Å². The van der Waals surface area contributed by atoms with Crippen molar-refractivity contribution in [1.29, 1.82) is 0 Å². The summed E-state index contributed by atoms with van der Waals surface area (Å²) in [5, 5.41) is 0. The summed E-state index contributed by atoms with van der Waals surface area (Å²) < 4.78 is 37.0. The minimum absolute atomic E-state index is 0.625. The molecule has 0 nitrogen and oxygen atoms in total. The maximum absolute atomic E-state index is 12.3. The topological polar surface area (TPSA) is 0 Å². The molecule has 0 fully saturated rings. The third kappa shape index (κ3) is 4.10. The van der Waals surface area contributed by atoms with Crippen LogP contribution in [-0.4, -0.2) is 0 Å². The van der Waals surface area contributed by atoms with Gasteiger partial charge in [0, 0.05) is 0 Å². The zero-order valence-electron chi connectivity index (χ0n) is 9.56. The molecule has 0 bridgehead atoms. The van der Waals surface area contributed by atoms with Gasteiger partial charge in [-0.2, -0.15) is 13.2 Å². The molecule has 0 heterocycles. The van der Waals surface area contributed by atoms with Crippen LogP contribution in [0.5, 0.6) is 0 Å². The van der Waals surface area contributed by atoms with Gasteiger partial charge in [-0.25, -0.2) is 0 Å². The van der Waals surface area contributed by atoms with Crippen molar-refractivity contribution < 1.29 is 13.2 Å². The van der Waals surface area contributed by atoms with Crippen molar-refractivity contribution in [2.45, 2.75) is 25.4 Å². The number of hydrogen-bond donors (Lipinski definition) is 0. The van der Waals surface area contributed by atoms with E-state index in [1.54, 1.807) is 0 Å². The van der Waals surface area contributed by atoms with E-state index in [0.29, 0.717) is 0 Å². The van der Waals surface area contributed by atoms with Crippen molar-refractivity contribution in [3.63, 3.8) is 0 Å². The van der Waals surface area contributed by atoms with Crippen LogP contribution in [0.4, 0.5) is 13.2 Å². The monoisotopic (exact) mass is 240 g/mol. The molecule has 0 N–H and O–H groups in total. The molecule has 92 valence electrons. The molecule has 1 aromatic rings. The first kappa shape index (κ1) is 13.6. The average molecular weight is 240 g/mol. The van der Waals surface area contributed by atoms with E-state index in [-0.39, 0.29) is 0 Å². The predicted molar refractivity (Wildman–Crippen MR) is 64.5 cm³/mol. The average Bonchev–Trinajstić information content (AvgIpc) is 2.28. The SMILES string of the molecule is C=CCCCC(=C)c1ccc(C(F)(F)F)cc1. The van der Waals surface area contributed by atoms with E-state index in [4.69, 9.17) is 0 Å². The second-order valence-electron chi connectivity index (χ2n) is 3.86. The Kier molecular flexibility index (Phi) is 4.55. The van der Waals surface area contributed by atoms with Crippen molar-refractivity contribution in [3.05, 3.63) is 54.6 Å². The van der Waals surface area contributed by atoms with Gasteiger partial charge in [0.15, 0.2) is 0 Å². The molecule has 0 amide bonds. The molecule has 1 rings (SSSR count). The van der Waals surface area contributed by atoms with Crippen molar-refractivity contribution in [1.82, 2.24) is 0 Å². The van der Waals surface area contributed by atoms with Gasteiger partial charge < -0.3 is 0 Å². The number of hydrogen-bond acceptors (Lipinski definition) is 0. The lowest BCUT2D eigenvalue weighted by Gasteiger charge is -2.09. The Bertz CT molecular complexity index is 385. The van der Waals surface area contributed by atoms with Gasteiger partial charge in [-0.3, -0.25) is 0 Å². The molecule has 0 atom stereocenters. The Morgan fingerprint density at radius 1 is 1.18 bits per heavy atom. The molecular formula is C14H15F3. The Morgan fingerprint density at radius 3 is 2.24 bits per heavy atom. The first-order valence-corrected chi connectivity index (χ1v) is 5.41.